The van der Waals surface area contributed by atoms with Crippen molar-refractivity contribution in [2.24, 2.45) is 0 Å². The molecule has 0 aliphatic carbocycles. The largest absolute Gasteiger partial charge is 0.494 e. The minimum absolute atomic E-state index is 0.241. The molecule has 100 valence electrons. The number of methoxy groups -OCH3 is 1. The topological polar surface area (TPSA) is 61.0 Å². The standard InChI is InChI=1S/C13H14FN3OS/c1-8-5-12(15)17-13(16-8)19-7-9-3-4-11(18-2)10(14)6-9/h3-6H,7H2,1-2H3,(H2,15,16,17). The van der Waals surface area contributed by atoms with Crippen LogP contribution in [-0.2, 0) is 5.75 Å². The van der Waals surface area contributed by atoms with Crippen LogP contribution in [0.4, 0.5) is 10.2 Å². The van der Waals surface area contributed by atoms with Gasteiger partial charge in [0.1, 0.15) is 5.82 Å². The maximum Gasteiger partial charge on any atom is 0.190 e. The highest BCUT2D eigenvalue weighted by atomic mass is 32.2. The predicted molar refractivity (Wildman–Crippen MR) is 73.7 cm³/mol. The van der Waals surface area contributed by atoms with Gasteiger partial charge >= 0.3 is 0 Å². The number of hydrogen-bond donors (Lipinski definition) is 1. The number of anilines is 1. The van der Waals surface area contributed by atoms with E-state index in [0.717, 1.165) is 11.3 Å². The summed E-state index contributed by atoms with van der Waals surface area (Å²) in [6.07, 6.45) is 0. The molecule has 2 rings (SSSR count). The van der Waals surface area contributed by atoms with E-state index in [2.05, 4.69) is 9.97 Å². The monoisotopic (exact) mass is 279 g/mol. The normalized spacial score (nSPS) is 10.5. The number of thioether (sulfide) groups is 1. The van der Waals surface area contributed by atoms with Crippen molar-refractivity contribution in [2.75, 3.05) is 12.8 Å². The van der Waals surface area contributed by atoms with Crippen molar-refractivity contribution in [1.29, 1.82) is 0 Å². The molecule has 0 atom stereocenters. The van der Waals surface area contributed by atoms with Gasteiger partial charge in [-0.1, -0.05) is 17.8 Å². The minimum atomic E-state index is -0.370. The highest BCUT2D eigenvalue weighted by Crippen LogP contribution is 2.24. The first-order valence-electron chi connectivity index (χ1n) is 5.65. The molecule has 4 nitrogen and oxygen atoms in total. The van der Waals surface area contributed by atoms with Gasteiger partial charge in [-0.15, -0.1) is 0 Å². The summed E-state index contributed by atoms with van der Waals surface area (Å²) in [5.41, 5.74) is 7.30. The third-order valence-electron chi connectivity index (χ3n) is 2.44. The minimum Gasteiger partial charge on any atom is -0.494 e. The second-order valence-corrected chi connectivity index (χ2v) is 4.92. The van der Waals surface area contributed by atoms with Gasteiger partial charge < -0.3 is 10.5 Å². The lowest BCUT2D eigenvalue weighted by molar-refractivity contribution is 0.386. The van der Waals surface area contributed by atoms with Crippen molar-refractivity contribution >= 4 is 17.6 Å². The Hall–Kier alpha value is -1.82. The Kier molecular flexibility index (Phi) is 4.21. The Morgan fingerprint density at radius 1 is 1.32 bits per heavy atom. The van der Waals surface area contributed by atoms with Crippen LogP contribution in [0, 0.1) is 12.7 Å². The molecule has 0 aliphatic rings. The smallest absolute Gasteiger partial charge is 0.190 e. The van der Waals surface area contributed by atoms with Gasteiger partial charge in [-0.05, 0) is 24.6 Å². The van der Waals surface area contributed by atoms with Crippen LogP contribution in [-0.4, -0.2) is 17.1 Å². The Morgan fingerprint density at radius 3 is 2.74 bits per heavy atom. The van der Waals surface area contributed by atoms with E-state index in [1.807, 2.05) is 13.0 Å². The molecule has 0 unspecified atom stereocenters. The van der Waals surface area contributed by atoms with Crippen molar-refractivity contribution in [3.05, 3.63) is 41.3 Å². The molecule has 2 aromatic rings. The van der Waals surface area contributed by atoms with Gasteiger partial charge in [0.25, 0.3) is 0 Å². The van der Waals surface area contributed by atoms with Gasteiger partial charge in [-0.3, -0.25) is 0 Å². The van der Waals surface area contributed by atoms with E-state index < -0.39 is 0 Å². The fourth-order valence-corrected chi connectivity index (χ4v) is 2.43. The summed E-state index contributed by atoms with van der Waals surface area (Å²) in [6, 6.07) is 6.58. The molecule has 0 saturated carbocycles. The molecule has 0 bridgehead atoms. The molecule has 1 aromatic carbocycles. The molecule has 0 radical (unpaired) electrons. The van der Waals surface area contributed by atoms with Gasteiger partial charge in [0.15, 0.2) is 16.7 Å². The molecule has 2 N–H and O–H groups in total. The zero-order valence-corrected chi connectivity index (χ0v) is 11.5. The highest BCUT2D eigenvalue weighted by Gasteiger charge is 2.06. The number of hydrogen-bond acceptors (Lipinski definition) is 5. The fraction of sp³-hybridized carbons (Fsp3) is 0.231. The first-order chi connectivity index (χ1) is 9.08. The van der Waals surface area contributed by atoms with Crippen LogP contribution in [0.25, 0.3) is 0 Å². The van der Waals surface area contributed by atoms with Crippen molar-refractivity contribution in [2.45, 2.75) is 17.8 Å². The van der Waals surface area contributed by atoms with Crippen molar-refractivity contribution in [3.63, 3.8) is 0 Å². The molecular weight excluding hydrogens is 265 g/mol. The Balaban J connectivity index is 2.08. The quantitative estimate of drug-likeness (QED) is 0.689. The maximum atomic E-state index is 13.5. The molecule has 19 heavy (non-hydrogen) atoms. The van der Waals surface area contributed by atoms with Gasteiger partial charge in [0.2, 0.25) is 0 Å². The number of nitrogen functional groups attached to an aromatic ring is 1. The molecule has 1 aromatic heterocycles. The third-order valence-corrected chi connectivity index (χ3v) is 3.36. The van der Waals surface area contributed by atoms with Crippen LogP contribution in [0.1, 0.15) is 11.3 Å². The van der Waals surface area contributed by atoms with E-state index in [4.69, 9.17) is 10.5 Å². The van der Waals surface area contributed by atoms with Crippen LogP contribution < -0.4 is 10.5 Å². The van der Waals surface area contributed by atoms with E-state index in [1.54, 1.807) is 12.1 Å². The highest BCUT2D eigenvalue weighted by molar-refractivity contribution is 7.98. The van der Waals surface area contributed by atoms with Crippen molar-refractivity contribution in [1.82, 2.24) is 9.97 Å². The van der Waals surface area contributed by atoms with Crippen LogP contribution in [0.2, 0.25) is 0 Å². The molecule has 0 aliphatic heterocycles. The van der Waals surface area contributed by atoms with E-state index in [1.165, 1.54) is 24.9 Å². The Labute approximate surface area is 115 Å². The lowest BCUT2D eigenvalue weighted by Crippen LogP contribution is -1.97. The number of ether oxygens (including phenoxy) is 1. The molecule has 0 saturated heterocycles. The third kappa shape index (κ3) is 3.57. The molecule has 6 heteroatoms. The van der Waals surface area contributed by atoms with Gasteiger partial charge in [0, 0.05) is 17.5 Å². The molecule has 1 heterocycles. The number of halogens is 1. The summed E-state index contributed by atoms with van der Waals surface area (Å²) in [5.74, 6) is 0.884. The Bertz CT molecular complexity index is 572. The van der Waals surface area contributed by atoms with E-state index in [-0.39, 0.29) is 11.6 Å². The molecule has 0 amide bonds. The van der Waals surface area contributed by atoms with Gasteiger partial charge in [0.05, 0.1) is 7.11 Å². The van der Waals surface area contributed by atoms with Gasteiger partial charge in [-0.2, -0.15) is 0 Å². The van der Waals surface area contributed by atoms with Crippen molar-refractivity contribution in [3.8, 4) is 5.75 Å². The van der Waals surface area contributed by atoms with Crippen LogP contribution >= 0.6 is 11.8 Å². The van der Waals surface area contributed by atoms with E-state index in [9.17, 15) is 4.39 Å². The number of aryl methyl sites for hydroxylation is 1. The van der Waals surface area contributed by atoms with Crippen LogP contribution in [0.15, 0.2) is 29.4 Å². The first-order valence-corrected chi connectivity index (χ1v) is 6.63. The average molecular weight is 279 g/mol. The number of benzene rings is 1. The summed E-state index contributed by atoms with van der Waals surface area (Å²) in [4.78, 5) is 8.38. The summed E-state index contributed by atoms with van der Waals surface area (Å²) >= 11 is 1.41. The molecule has 0 fully saturated rings. The van der Waals surface area contributed by atoms with E-state index in [0.29, 0.717) is 16.7 Å². The number of nitrogens with zero attached hydrogens (tertiary/aromatic N) is 2. The zero-order valence-electron chi connectivity index (χ0n) is 10.7. The summed E-state index contributed by atoms with van der Waals surface area (Å²) in [7, 11) is 1.44. The lowest BCUT2D eigenvalue weighted by Gasteiger charge is -2.05. The summed E-state index contributed by atoms with van der Waals surface area (Å²) < 4.78 is 18.4. The SMILES string of the molecule is COc1ccc(CSc2nc(C)cc(N)n2)cc1F. The first kappa shape index (κ1) is 13.6. The fourth-order valence-electron chi connectivity index (χ4n) is 1.58. The average Bonchev–Trinajstić information content (AvgIpc) is 2.35. The summed E-state index contributed by atoms with van der Waals surface area (Å²) in [6.45, 7) is 1.86. The predicted octanol–water partition coefficient (Wildman–Crippen LogP) is 2.81. The van der Waals surface area contributed by atoms with Gasteiger partial charge in [-0.25, -0.2) is 14.4 Å². The Morgan fingerprint density at radius 2 is 2.11 bits per heavy atom. The van der Waals surface area contributed by atoms with Crippen LogP contribution in [0.3, 0.4) is 0 Å². The second-order valence-electron chi connectivity index (χ2n) is 3.97. The lowest BCUT2D eigenvalue weighted by atomic mass is 10.2. The number of nitrogens with two attached hydrogens (primary N) is 1. The molecule has 0 spiro atoms. The number of aromatic nitrogens is 2. The maximum absolute atomic E-state index is 13.5. The number of rotatable bonds is 4. The summed E-state index contributed by atoms with van der Waals surface area (Å²) in [5, 5.41) is 0.591. The zero-order chi connectivity index (χ0) is 13.8. The van der Waals surface area contributed by atoms with Crippen molar-refractivity contribution < 1.29 is 9.13 Å². The molecular formula is C13H14FN3OS. The van der Waals surface area contributed by atoms with Crippen LogP contribution in [0.5, 0.6) is 5.75 Å². The second kappa shape index (κ2) is 5.88. The van der Waals surface area contributed by atoms with E-state index >= 15 is 0 Å².